The highest BCUT2D eigenvalue weighted by Crippen LogP contribution is 2.24. The lowest BCUT2D eigenvalue weighted by molar-refractivity contribution is -0.384. The summed E-state index contributed by atoms with van der Waals surface area (Å²) >= 11 is 0. The predicted molar refractivity (Wildman–Crippen MR) is 67.0 cm³/mol. The number of benzene rings is 1. The Hall–Kier alpha value is -1.62. The highest BCUT2D eigenvalue weighted by molar-refractivity contribution is 5.61. The van der Waals surface area contributed by atoms with Crippen LogP contribution >= 0.6 is 0 Å². The number of nitrogens with one attached hydrogen (secondary N) is 1. The van der Waals surface area contributed by atoms with Crippen molar-refractivity contribution in [3.63, 3.8) is 0 Å². The molecule has 0 amide bonds. The van der Waals surface area contributed by atoms with Crippen molar-refractivity contribution in [1.29, 1.82) is 0 Å². The standard InChI is InChI=1S/C12H18N2O3/c1-9(2)7-10(8-15)13-11-5-3-4-6-12(11)14(16)17/h3-6,9-10,13,15H,7-8H2,1-2H3. The van der Waals surface area contributed by atoms with Crippen LogP contribution < -0.4 is 5.32 Å². The van der Waals surface area contributed by atoms with Gasteiger partial charge in [-0.25, -0.2) is 0 Å². The third-order valence-corrected chi connectivity index (χ3v) is 2.44. The second-order valence-corrected chi connectivity index (χ2v) is 4.43. The van der Waals surface area contributed by atoms with Gasteiger partial charge in [-0.1, -0.05) is 26.0 Å². The van der Waals surface area contributed by atoms with Crippen molar-refractivity contribution in [2.24, 2.45) is 5.92 Å². The van der Waals surface area contributed by atoms with Crippen LogP contribution in [0.3, 0.4) is 0 Å². The minimum Gasteiger partial charge on any atom is -0.394 e. The summed E-state index contributed by atoms with van der Waals surface area (Å²) in [6.07, 6.45) is 0.766. The topological polar surface area (TPSA) is 75.4 Å². The Morgan fingerprint density at radius 2 is 2.06 bits per heavy atom. The van der Waals surface area contributed by atoms with E-state index in [9.17, 15) is 15.2 Å². The predicted octanol–water partition coefficient (Wildman–Crippen LogP) is 2.41. The van der Waals surface area contributed by atoms with Gasteiger partial charge in [0.15, 0.2) is 0 Å². The molecule has 0 radical (unpaired) electrons. The molecule has 0 fully saturated rings. The average Bonchev–Trinajstić information content (AvgIpc) is 2.28. The van der Waals surface area contributed by atoms with Gasteiger partial charge >= 0.3 is 0 Å². The molecule has 94 valence electrons. The van der Waals surface area contributed by atoms with Crippen LogP contribution in [-0.2, 0) is 0 Å². The Kier molecular flexibility index (Phi) is 4.90. The van der Waals surface area contributed by atoms with E-state index < -0.39 is 4.92 Å². The van der Waals surface area contributed by atoms with Gasteiger partial charge in [0, 0.05) is 12.1 Å². The molecule has 0 aromatic heterocycles. The Labute approximate surface area is 101 Å². The molecule has 0 heterocycles. The van der Waals surface area contributed by atoms with Gasteiger partial charge in [-0.3, -0.25) is 10.1 Å². The normalized spacial score (nSPS) is 12.5. The molecular formula is C12H18N2O3. The molecule has 0 saturated carbocycles. The second-order valence-electron chi connectivity index (χ2n) is 4.43. The van der Waals surface area contributed by atoms with E-state index in [1.165, 1.54) is 6.07 Å². The highest BCUT2D eigenvalue weighted by atomic mass is 16.6. The Balaban J connectivity index is 2.82. The molecule has 5 heteroatoms. The summed E-state index contributed by atoms with van der Waals surface area (Å²) in [5, 5.41) is 23.1. The van der Waals surface area contributed by atoms with Gasteiger partial charge in [0.2, 0.25) is 0 Å². The van der Waals surface area contributed by atoms with Gasteiger partial charge in [0.25, 0.3) is 5.69 Å². The monoisotopic (exact) mass is 238 g/mol. The zero-order chi connectivity index (χ0) is 12.8. The van der Waals surface area contributed by atoms with Crippen molar-refractivity contribution in [2.75, 3.05) is 11.9 Å². The van der Waals surface area contributed by atoms with Crippen molar-refractivity contribution in [3.8, 4) is 0 Å². The van der Waals surface area contributed by atoms with E-state index in [0.29, 0.717) is 11.6 Å². The van der Waals surface area contributed by atoms with Gasteiger partial charge in [-0.05, 0) is 18.4 Å². The number of nitro benzene ring substituents is 1. The van der Waals surface area contributed by atoms with E-state index >= 15 is 0 Å². The van der Waals surface area contributed by atoms with Crippen molar-refractivity contribution >= 4 is 11.4 Å². The fraction of sp³-hybridized carbons (Fsp3) is 0.500. The molecule has 2 N–H and O–H groups in total. The molecule has 17 heavy (non-hydrogen) atoms. The molecule has 0 aliphatic rings. The van der Waals surface area contributed by atoms with Crippen molar-refractivity contribution in [2.45, 2.75) is 26.3 Å². The maximum Gasteiger partial charge on any atom is 0.292 e. The molecule has 0 bridgehead atoms. The van der Waals surface area contributed by atoms with Crippen LogP contribution in [0.2, 0.25) is 0 Å². The van der Waals surface area contributed by atoms with Gasteiger partial charge in [0.1, 0.15) is 5.69 Å². The molecule has 1 rings (SSSR count). The number of hydrogen-bond donors (Lipinski definition) is 2. The van der Waals surface area contributed by atoms with E-state index in [-0.39, 0.29) is 18.3 Å². The number of nitrogens with zero attached hydrogens (tertiary/aromatic N) is 1. The molecule has 1 aromatic rings. The first-order valence-corrected chi connectivity index (χ1v) is 5.65. The molecule has 1 aromatic carbocycles. The van der Waals surface area contributed by atoms with Crippen LogP contribution in [0, 0.1) is 16.0 Å². The summed E-state index contributed by atoms with van der Waals surface area (Å²) < 4.78 is 0. The number of aliphatic hydroxyl groups is 1. The van der Waals surface area contributed by atoms with Crippen molar-refractivity contribution in [3.05, 3.63) is 34.4 Å². The number of nitro groups is 1. The second kappa shape index (κ2) is 6.20. The summed E-state index contributed by atoms with van der Waals surface area (Å²) in [6, 6.07) is 6.31. The van der Waals surface area contributed by atoms with Gasteiger partial charge in [-0.2, -0.15) is 0 Å². The SMILES string of the molecule is CC(C)CC(CO)Nc1ccccc1[N+](=O)[O-]. The van der Waals surface area contributed by atoms with Gasteiger partial charge in [0.05, 0.1) is 11.5 Å². The zero-order valence-electron chi connectivity index (χ0n) is 10.1. The first-order chi connectivity index (χ1) is 8.04. The molecular weight excluding hydrogens is 220 g/mol. The number of aliphatic hydroxyl groups excluding tert-OH is 1. The quantitative estimate of drug-likeness (QED) is 0.589. The van der Waals surface area contributed by atoms with Crippen molar-refractivity contribution in [1.82, 2.24) is 0 Å². The lowest BCUT2D eigenvalue weighted by Crippen LogP contribution is -2.25. The number of rotatable bonds is 6. The summed E-state index contributed by atoms with van der Waals surface area (Å²) in [4.78, 5) is 10.4. The highest BCUT2D eigenvalue weighted by Gasteiger charge is 2.16. The third-order valence-electron chi connectivity index (χ3n) is 2.44. The van der Waals surface area contributed by atoms with Crippen LogP contribution in [0.25, 0.3) is 0 Å². The first kappa shape index (κ1) is 13.4. The lowest BCUT2D eigenvalue weighted by atomic mass is 10.0. The minimum absolute atomic E-state index is 0.0368. The molecule has 1 atom stereocenters. The van der Waals surface area contributed by atoms with E-state index in [2.05, 4.69) is 5.32 Å². The summed E-state index contributed by atoms with van der Waals surface area (Å²) in [5.74, 6) is 0.419. The summed E-state index contributed by atoms with van der Waals surface area (Å²) in [6.45, 7) is 4.05. The fourth-order valence-electron chi connectivity index (χ4n) is 1.72. The fourth-order valence-corrected chi connectivity index (χ4v) is 1.72. The Bertz CT molecular complexity index is 380. The summed E-state index contributed by atoms with van der Waals surface area (Å²) in [7, 11) is 0. The van der Waals surface area contributed by atoms with Crippen LogP contribution in [0.15, 0.2) is 24.3 Å². The van der Waals surface area contributed by atoms with E-state index in [1.54, 1.807) is 18.2 Å². The van der Waals surface area contributed by atoms with E-state index in [4.69, 9.17) is 0 Å². The van der Waals surface area contributed by atoms with Crippen LogP contribution in [0.5, 0.6) is 0 Å². The largest absolute Gasteiger partial charge is 0.394 e. The number of para-hydroxylation sites is 2. The molecule has 1 unspecified atom stereocenters. The minimum atomic E-state index is -0.424. The molecule has 0 spiro atoms. The average molecular weight is 238 g/mol. The van der Waals surface area contributed by atoms with Crippen LogP contribution in [-0.4, -0.2) is 22.7 Å². The smallest absolute Gasteiger partial charge is 0.292 e. The number of anilines is 1. The molecule has 0 saturated heterocycles. The zero-order valence-corrected chi connectivity index (χ0v) is 10.1. The maximum atomic E-state index is 10.8. The Morgan fingerprint density at radius 3 is 2.59 bits per heavy atom. The van der Waals surface area contributed by atoms with Crippen LogP contribution in [0.4, 0.5) is 11.4 Å². The van der Waals surface area contributed by atoms with Crippen LogP contribution in [0.1, 0.15) is 20.3 Å². The lowest BCUT2D eigenvalue weighted by Gasteiger charge is -2.19. The van der Waals surface area contributed by atoms with Gasteiger partial charge < -0.3 is 10.4 Å². The summed E-state index contributed by atoms with van der Waals surface area (Å²) in [5.41, 5.74) is 0.493. The first-order valence-electron chi connectivity index (χ1n) is 5.65. The maximum absolute atomic E-state index is 10.8. The van der Waals surface area contributed by atoms with Crippen molar-refractivity contribution < 1.29 is 10.0 Å². The number of hydrogen-bond acceptors (Lipinski definition) is 4. The van der Waals surface area contributed by atoms with E-state index in [0.717, 1.165) is 6.42 Å². The molecule has 0 aliphatic heterocycles. The molecule has 0 aliphatic carbocycles. The molecule has 5 nitrogen and oxygen atoms in total. The Morgan fingerprint density at radius 1 is 1.41 bits per heavy atom. The van der Waals surface area contributed by atoms with Gasteiger partial charge in [-0.15, -0.1) is 0 Å². The third kappa shape index (κ3) is 4.03. The van der Waals surface area contributed by atoms with E-state index in [1.807, 2.05) is 13.8 Å².